The van der Waals surface area contributed by atoms with Gasteiger partial charge in [-0.1, -0.05) is 6.07 Å². The first-order chi connectivity index (χ1) is 13.1. The summed E-state index contributed by atoms with van der Waals surface area (Å²) in [4.78, 5) is 37.0. The molecule has 3 aromatic rings. The molecule has 0 aliphatic carbocycles. The summed E-state index contributed by atoms with van der Waals surface area (Å²) in [5, 5.41) is 7.28. The minimum Gasteiger partial charge on any atom is -0.312 e. The molecule has 2 amide bonds. The summed E-state index contributed by atoms with van der Waals surface area (Å²) < 4.78 is 0. The zero-order valence-electron chi connectivity index (χ0n) is 14.4. The number of carbonyl (C=O) groups is 2. The van der Waals surface area contributed by atoms with Crippen LogP contribution in [-0.2, 0) is 22.6 Å². The smallest absolute Gasteiger partial charge is 0.275 e. The summed E-state index contributed by atoms with van der Waals surface area (Å²) >= 11 is 3.19. The van der Waals surface area contributed by atoms with Crippen molar-refractivity contribution >= 4 is 50.5 Å². The van der Waals surface area contributed by atoms with E-state index in [2.05, 4.69) is 15.7 Å². The largest absolute Gasteiger partial charge is 0.312 e. The van der Waals surface area contributed by atoms with Crippen molar-refractivity contribution in [2.75, 3.05) is 12.0 Å². The quantitative estimate of drug-likeness (QED) is 0.661. The van der Waals surface area contributed by atoms with Gasteiger partial charge >= 0.3 is 0 Å². The van der Waals surface area contributed by atoms with Crippen LogP contribution in [-0.4, -0.2) is 33.3 Å². The predicted octanol–water partition coefficient (Wildman–Crippen LogP) is 2.71. The molecule has 3 aromatic heterocycles. The molecule has 0 atom stereocenters. The Morgan fingerprint density at radius 1 is 1.30 bits per heavy atom. The van der Waals surface area contributed by atoms with Crippen LogP contribution >= 0.6 is 22.7 Å². The van der Waals surface area contributed by atoms with E-state index in [0.29, 0.717) is 17.2 Å². The molecule has 27 heavy (non-hydrogen) atoms. The van der Waals surface area contributed by atoms with Crippen LogP contribution in [0.3, 0.4) is 0 Å². The summed E-state index contributed by atoms with van der Waals surface area (Å²) in [6.07, 6.45) is 2.20. The van der Waals surface area contributed by atoms with E-state index in [-0.39, 0.29) is 11.8 Å². The third-order valence-electron chi connectivity index (χ3n) is 4.63. The lowest BCUT2D eigenvalue weighted by atomic mass is 10.1. The maximum absolute atomic E-state index is 12.3. The summed E-state index contributed by atoms with van der Waals surface area (Å²) in [6, 6.07) is 3.91. The number of amides is 2. The number of thiophene rings is 2. The Bertz CT molecular complexity index is 1120. The van der Waals surface area contributed by atoms with Crippen LogP contribution < -0.4 is 10.7 Å². The second-order valence-corrected chi connectivity index (χ2v) is 8.43. The summed E-state index contributed by atoms with van der Waals surface area (Å²) in [5.74, 6) is 0.367. The molecule has 5 heterocycles. The number of anilines is 1. The normalized spacial score (nSPS) is 16.8. The highest BCUT2D eigenvalue weighted by Gasteiger charge is 2.31. The number of imide groups is 1. The molecule has 2 N–H and O–H groups in total. The van der Waals surface area contributed by atoms with E-state index in [1.54, 1.807) is 29.6 Å². The molecular weight excluding hydrogens is 382 g/mol. The van der Waals surface area contributed by atoms with Crippen molar-refractivity contribution < 1.29 is 9.59 Å². The fraction of sp³-hybridized carbons (Fsp3) is 0.222. The van der Waals surface area contributed by atoms with Crippen molar-refractivity contribution in [3.63, 3.8) is 0 Å². The van der Waals surface area contributed by atoms with Gasteiger partial charge in [-0.25, -0.2) is 9.97 Å². The molecule has 0 saturated carbocycles. The van der Waals surface area contributed by atoms with E-state index in [4.69, 9.17) is 4.98 Å². The topological polar surface area (TPSA) is 87.2 Å². The third kappa shape index (κ3) is 2.66. The van der Waals surface area contributed by atoms with Gasteiger partial charge in [0.1, 0.15) is 4.83 Å². The van der Waals surface area contributed by atoms with Crippen molar-refractivity contribution in [2.45, 2.75) is 19.9 Å². The zero-order valence-corrected chi connectivity index (χ0v) is 16.0. The van der Waals surface area contributed by atoms with Crippen molar-refractivity contribution in [1.29, 1.82) is 0 Å². The highest BCUT2D eigenvalue weighted by Crippen LogP contribution is 2.38. The van der Waals surface area contributed by atoms with Crippen LogP contribution in [0.15, 0.2) is 29.2 Å². The monoisotopic (exact) mass is 397 g/mol. The van der Waals surface area contributed by atoms with Crippen LogP contribution in [0.5, 0.6) is 0 Å². The first kappa shape index (κ1) is 16.5. The van der Waals surface area contributed by atoms with Gasteiger partial charge in [-0.3, -0.25) is 15.0 Å². The predicted molar refractivity (Wildman–Crippen MR) is 105 cm³/mol. The molecule has 0 bridgehead atoms. The summed E-state index contributed by atoms with van der Waals surface area (Å²) in [7, 11) is 0. The van der Waals surface area contributed by atoms with Crippen LogP contribution in [0, 0.1) is 0 Å². The summed E-state index contributed by atoms with van der Waals surface area (Å²) in [6.45, 7) is 3.31. The SMILES string of the molecule is CC1=CC(=O)N(Nc2nc(-c3cccs3)nc3sc4c(c23)CCNC4)C1=O. The van der Waals surface area contributed by atoms with E-state index < -0.39 is 0 Å². The van der Waals surface area contributed by atoms with E-state index in [0.717, 1.165) is 39.6 Å². The number of nitrogens with zero attached hydrogens (tertiary/aromatic N) is 3. The molecule has 7 nitrogen and oxygen atoms in total. The van der Waals surface area contributed by atoms with Gasteiger partial charge in [0, 0.05) is 23.1 Å². The van der Waals surface area contributed by atoms with E-state index >= 15 is 0 Å². The van der Waals surface area contributed by atoms with E-state index in [1.165, 1.54) is 16.5 Å². The Morgan fingerprint density at radius 2 is 2.19 bits per heavy atom. The van der Waals surface area contributed by atoms with Gasteiger partial charge in [0.25, 0.3) is 11.8 Å². The fourth-order valence-electron chi connectivity index (χ4n) is 3.32. The van der Waals surface area contributed by atoms with Gasteiger partial charge in [-0.15, -0.1) is 22.7 Å². The Labute approximate surface area is 162 Å². The number of rotatable bonds is 3. The van der Waals surface area contributed by atoms with E-state index in [1.807, 2.05) is 17.5 Å². The van der Waals surface area contributed by atoms with Crippen LogP contribution in [0.1, 0.15) is 17.4 Å². The van der Waals surface area contributed by atoms with Crippen molar-refractivity contribution in [1.82, 2.24) is 20.3 Å². The van der Waals surface area contributed by atoms with Crippen molar-refractivity contribution in [2.24, 2.45) is 0 Å². The number of aromatic nitrogens is 2. The molecule has 2 aliphatic rings. The van der Waals surface area contributed by atoms with Gasteiger partial charge in [0.05, 0.1) is 10.3 Å². The standard InChI is InChI=1S/C18H15N5O2S2/c1-9-7-13(24)23(18(9)25)22-16-14-10-4-5-19-8-12(10)27-17(14)21-15(20-16)11-3-2-6-26-11/h2-3,6-7,19H,4-5,8H2,1H3,(H,20,21,22). The van der Waals surface area contributed by atoms with E-state index in [9.17, 15) is 9.59 Å². The summed E-state index contributed by atoms with van der Waals surface area (Å²) in [5.41, 5.74) is 4.58. The van der Waals surface area contributed by atoms with Gasteiger partial charge in [0.15, 0.2) is 11.6 Å². The molecule has 0 aromatic carbocycles. The number of carbonyl (C=O) groups excluding carboxylic acids is 2. The lowest BCUT2D eigenvalue weighted by Crippen LogP contribution is -2.36. The minimum atomic E-state index is -0.382. The van der Waals surface area contributed by atoms with Gasteiger partial charge in [0.2, 0.25) is 0 Å². The number of hydrogen-bond donors (Lipinski definition) is 2. The Kier molecular flexibility index (Phi) is 3.81. The molecule has 0 fully saturated rings. The molecule has 9 heteroatoms. The zero-order chi connectivity index (χ0) is 18.5. The molecule has 0 unspecified atom stereocenters. The minimum absolute atomic E-state index is 0.352. The van der Waals surface area contributed by atoms with Gasteiger partial charge < -0.3 is 5.32 Å². The Hall–Kier alpha value is -2.62. The van der Waals surface area contributed by atoms with Gasteiger partial charge in [-0.2, -0.15) is 5.01 Å². The average molecular weight is 397 g/mol. The maximum Gasteiger partial charge on any atom is 0.275 e. The Morgan fingerprint density at radius 3 is 2.93 bits per heavy atom. The number of fused-ring (bicyclic) bond motifs is 3. The molecule has 136 valence electrons. The number of hydrogen-bond acceptors (Lipinski definition) is 8. The molecule has 5 rings (SSSR count). The molecule has 0 radical (unpaired) electrons. The third-order valence-corrected chi connectivity index (χ3v) is 6.62. The Balaban J connectivity index is 1.67. The molecule has 0 spiro atoms. The lowest BCUT2D eigenvalue weighted by molar-refractivity contribution is -0.135. The lowest BCUT2D eigenvalue weighted by Gasteiger charge is -2.18. The first-order valence-electron chi connectivity index (χ1n) is 8.52. The first-order valence-corrected chi connectivity index (χ1v) is 10.2. The maximum atomic E-state index is 12.3. The average Bonchev–Trinajstić information content (AvgIpc) is 3.36. The fourth-order valence-corrected chi connectivity index (χ4v) is 5.17. The molecule has 2 aliphatic heterocycles. The van der Waals surface area contributed by atoms with Crippen molar-refractivity contribution in [3.05, 3.63) is 39.6 Å². The highest BCUT2D eigenvalue weighted by atomic mass is 32.1. The van der Waals surface area contributed by atoms with Crippen LogP contribution in [0.25, 0.3) is 20.9 Å². The van der Waals surface area contributed by atoms with Crippen molar-refractivity contribution in [3.8, 4) is 10.7 Å². The number of nitrogens with one attached hydrogen (secondary N) is 2. The molecule has 0 saturated heterocycles. The second-order valence-electron chi connectivity index (χ2n) is 6.40. The number of hydrazine groups is 1. The van der Waals surface area contributed by atoms with Crippen LogP contribution in [0.2, 0.25) is 0 Å². The highest BCUT2D eigenvalue weighted by molar-refractivity contribution is 7.19. The van der Waals surface area contributed by atoms with Crippen LogP contribution in [0.4, 0.5) is 5.82 Å². The molecular formula is C18H15N5O2S2. The second kappa shape index (κ2) is 6.22. The van der Waals surface area contributed by atoms with Gasteiger partial charge in [-0.05, 0) is 36.9 Å².